The molecule has 94 valence electrons. The first-order valence-corrected chi connectivity index (χ1v) is 5.50. The fourth-order valence-electron chi connectivity index (χ4n) is 1.74. The van der Waals surface area contributed by atoms with Crippen LogP contribution in [0.1, 0.15) is 11.3 Å². The van der Waals surface area contributed by atoms with E-state index < -0.39 is 5.97 Å². The van der Waals surface area contributed by atoms with Crippen molar-refractivity contribution in [2.24, 2.45) is 0 Å². The zero-order valence-electron chi connectivity index (χ0n) is 10.1. The first-order valence-electron chi connectivity index (χ1n) is 5.50. The van der Waals surface area contributed by atoms with Crippen molar-refractivity contribution in [3.05, 3.63) is 41.3 Å². The number of carboxylic acids is 1. The lowest BCUT2D eigenvalue weighted by atomic mass is 10.1. The van der Waals surface area contributed by atoms with Crippen molar-refractivity contribution >= 4 is 5.97 Å². The van der Waals surface area contributed by atoms with E-state index in [9.17, 15) is 9.18 Å². The molecule has 4 nitrogen and oxygen atoms in total. The lowest BCUT2D eigenvalue weighted by molar-refractivity contribution is -0.137. The molecule has 2 aromatic rings. The van der Waals surface area contributed by atoms with Crippen LogP contribution in [0.3, 0.4) is 0 Å². The predicted octanol–water partition coefficient (Wildman–Crippen LogP) is 2.39. The molecule has 0 bridgehead atoms. The van der Waals surface area contributed by atoms with Gasteiger partial charge >= 0.3 is 5.97 Å². The van der Waals surface area contributed by atoms with Gasteiger partial charge in [-0.15, -0.1) is 0 Å². The van der Waals surface area contributed by atoms with Gasteiger partial charge in [-0.25, -0.2) is 4.39 Å². The largest absolute Gasteiger partial charge is 0.480 e. The molecule has 1 N–H and O–H groups in total. The average Bonchev–Trinajstić information content (AvgIpc) is 2.63. The van der Waals surface area contributed by atoms with Crippen LogP contribution in [0.5, 0.6) is 0 Å². The van der Waals surface area contributed by atoms with Gasteiger partial charge in [-0.2, -0.15) is 5.10 Å². The summed E-state index contributed by atoms with van der Waals surface area (Å²) in [6.07, 6.45) is 0. The molecule has 0 unspecified atom stereocenters. The number of carbonyl (C=O) groups is 1. The van der Waals surface area contributed by atoms with Crippen molar-refractivity contribution in [2.45, 2.75) is 20.4 Å². The lowest BCUT2D eigenvalue weighted by Crippen LogP contribution is -2.11. The predicted molar refractivity (Wildman–Crippen MR) is 64.7 cm³/mol. The van der Waals surface area contributed by atoms with E-state index in [2.05, 4.69) is 5.10 Å². The summed E-state index contributed by atoms with van der Waals surface area (Å²) in [7, 11) is 0. The molecule has 18 heavy (non-hydrogen) atoms. The van der Waals surface area contributed by atoms with Gasteiger partial charge in [0.05, 0.1) is 5.69 Å². The molecule has 0 aliphatic heterocycles. The van der Waals surface area contributed by atoms with Gasteiger partial charge in [0.15, 0.2) is 0 Å². The van der Waals surface area contributed by atoms with E-state index >= 15 is 0 Å². The Balaban J connectivity index is 2.39. The van der Waals surface area contributed by atoms with E-state index in [1.807, 2.05) is 0 Å². The molecule has 0 amide bonds. The third kappa shape index (κ3) is 2.40. The number of halogens is 1. The van der Waals surface area contributed by atoms with Crippen LogP contribution >= 0.6 is 0 Å². The van der Waals surface area contributed by atoms with Crippen LogP contribution in [0.25, 0.3) is 11.3 Å². The molecular formula is C13H13FN2O2. The second-order valence-corrected chi connectivity index (χ2v) is 4.19. The van der Waals surface area contributed by atoms with Crippen LogP contribution < -0.4 is 0 Å². The van der Waals surface area contributed by atoms with Gasteiger partial charge in [-0.1, -0.05) is 0 Å². The standard InChI is InChI=1S/C13H13FN2O2/c1-8-5-10(3-4-11(8)14)12-6-9(2)16(15-12)7-13(17)18/h3-6H,7H2,1-2H3,(H,17,18). The fraction of sp³-hybridized carbons (Fsp3) is 0.231. The maximum Gasteiger partial charge on any atom is 0.325 e. The highest BCUT2D eigenvalue weighted by Crippen LogP contribution is 2.21. The average molecular weight is 248 g/mol. The quantitative estimate of drug-likeness (QED) is 0.907. The minimum Gasteiger partial charge on any atom is -0.480 e. The van der Waals surface area contributed by atoms with E-state index in [1.165, 1.54) is 10.7 Å². The zero-order valence-corrected chi connectivity index (χ0v) is 10.1. The SMILES string of the molecule is Cc1cc(-c2cc(C)n(CC(=O)O)n2)ccc1F. The number of carboxylic acid groups (broad SMARTS) is 1. The summed E-state index contributed by atoms with van der Waals surface area (Å²) in [5, 5.41) is 12.9. The summed E-state index contributed by atoms with van der Waals surface area (Å²) < 4.78 is 14.6. The van der Waals surface area contributed by atoms with Gasteiger partial charge in [-0.3, -0.25) is 9.48 Å². The maximum absolute atomic E-state index is 13.2. The molecule has 0 radical (unpaired) electrons. The number of hydrogen-bond acceptors (Lipinski definition) is 2. The molecular weight excluding hydrogens is 235 g/mol. The van der Waals surface area contributed by atoms with Crippen molar-refractivity contribution < 1.29 is 14.3 Å². The second-order valence-electron chi connectivity index (χ2n) is 4.19. The van der Waals surface area contributed by atoms with Crippen molar-refractivity contribution in [3.8, 4) is 11.3 Å². The van der Waals surface area contributed by atoms with E-state index in [-0.39, 0.29) is 12.4 Å². The fourth-order valence-corrected chi connectivity index (χ4v) is 1.74. The van der Waals surface area contributed by atoms with Gasteiger partial charge in [0, 0.05) is 11.3 Å². The number of aryl methyl sites for hydroxylation is 2. The maximum atomic E-state index is 13.2. The van der Waals surface area contributed by atoms with Crippen LogP contribution in [-0.4, -0.2) is 20.9 Å². The van der Waals surface area contributed by atoms with Gasteiger partial charge in [0.2, 0.25) is 0 Å². The molecule has 0 saturated heterocycles. The number of hydrogen-bond donors (Lipinski definition) is 1. The van der Waals surface area contributed by atoms with Crippen LogP contribution in [0.15, 0.2) is 24.3 Å². The smallest absolute Gasteiger partial charge is 0.325 e. The lowest BCUT2D eigenvalue weighted by Gasteiger charge is -2.00. The van der Waals surface area contributed by atoms with Crippen molar-refractivity contribution in [1.82, 2.24) is 9.78 Å². The molecule has 0 fully saturated rings. The molecule has 0 saturated carbocycles. The molecule has 1 aromatic carbocycles. The summed E-state index contributed by atoms with van der Waals surface area (Å²) in [5.74, 6) is -1.21. The van der Waals surface area contributed by atoms with E-state index in [0.29, 0.717) is 11.3 Å². The Labute approximate surface area is 104 Å². The van der Waals surface area contributed by atoms with Crippen molar-refractivity contribution in [3.63, 3.8) is 0 Å². The van der Waals surface area contributed by atoms with Gasteiger partial charge in [0.25, 0.3) is 0 Å². The number of aromatic nitrogens is 2. The first-order chi connectivity index (χ1) is 8.47. The van der Waals surface area contributed by atoms with E-state index in [0.717, 1.165) is 11.3 Å². The van der Waals surface area contributed by atoms with Crippen LogP contribution in [-0.2, 0) is 11.3 Å². The van der Waals surface area contributed by atoms with Crippen molar-refractivity contribution in [2.75, 3.05) is 0 Å². The minimum absolute atomic E-state index is 0.175. The third-order valence-corrected chi connectivity index (χ3v) is 2.72. The number of aliphatic carboxylic acids is 1. The molecule has 0 aliphatic carbocycles. The number of nitrogens with zero attached hydrogens (tertiary/aromatic N) is 2. The van der Waals surface area contributed by atoms with Crippen LogP contribution in [0, 0.1) is 19.7 Å². The van der Waals surface area contributed by atoms with E-state index in [1.54, 1.807) is 32.0 Å². The number of rotatable bonds is 3. The summed E-state index contributed by atoms with van der Waals surface area (Å²) in [4.78, 5) is 10.7. The van der Waals surface area contributed by atoms with Gasteiger partial charge < -0.3 is 5.11 Å². The highest BCUT2D eigenvalue weighted by Gasteiger charge is 2.10. The Morgan fingerprint density at radius 2 is 2.11 bits per heavy atom. The van der Waals surface area contributed by atoms with Crippen LogP contribution in [0.4, 0.5) is 4.39 Å². The monoisotopic (exact) mass is 248 g/mol. The normalized spacial score (nSPS) is 10.6. The topological polar surface area (TPSA) is 55.1 Å². The molecule has 1 heterocycles. The Morgan fingerprint density at radius 3 is 2.72 bits per heavy atom. The molecule has 1 aromatic heterocycles. The highest BCUT2D eigenvalue weighted by molar-refractivity contribution is 5.67. The third-order valence-electron chi connectivity index (χ3n) is 2.72. The Hall–Kier alpha value is -2.17. The Kier molecular flexibility index (Phi) is 3.14. The Bertz CT molecular complexity index is 605. The van der Waals surface area contributed by atoms with Crippen molar-refractivity contribution in [1.29, 1.82) is 0 Å². The molecule has 5 heteroatoms. The molecule has 0 atom stereocenters. The van der Waals surface area contributed by atoms with Gasteiger partial charge in [-0.05, 0) is 43.7 Å². The molecule has 2 rings (SSSR count). The summed E-state index contributed by atoms with van der Waals surface area (Å²) in [6.45, 7) is 3.29. The minimum atomic E-state index is -0.942. The molecule has 0 aliphatic rings. The first kappa shape index (κ1) is 12.3. The Morgan fingerprint density at radius 1 is 1.39 bits per heavy atom. The second kappa shape index (κ2) is 4.60. The summed E-state index contributed by atoms with van der Waals surface area (Å²) >= 11 is 0. The highest BCUT2D eigenvalue weighted by atomic mass is 19.1. The summed E-state index contributed by atoms with van der Waals surface area (Å²) in [5.41, 5.74) is 2.73. The number of benzene rings is 1. The molecule has 0 spiro atoms. The van der Waals surface area contributed by atoms with Crippen LogP contribution in [0.2, 0.25) is 0 Å². The van der Waals surface area contributed by atoms with Gasteiger partial charge in [0.1, 0.15) is 12.4 Å². The van der Waals surface area contributed by atoms with E-state index in [4.69, 9.17) is 5.11 Å². The zero-order chi connectivity index (χ0) is 13.3. The summed E-state index contributed by atoms with van der Waals surface area (Å²) in [6, 6.07) is 6.50.